The van der Waals surface area contributed by atoms with E-state index in [9.17, 15) is 19.6 Å². The number of carbonyl (C=O) groups excluding carboxylic acids is 3. The Morgan fingerprint density at radius 2 is 1.76 bits per heavy atom. The molecule has 7 nitrogen and oxygen atoms in total. The lowest BCUT2D eigenvalue weighted by Gasteiger charge is -2.24. The van der Waals surface area contributed by atoms with Gasteiger partial charge in [0.05, 0.1) is 5.92 Å². The van der Waals surface area contributed by atoms with Crippen LogP contribution in [-0.4, -0.2) is 47.0 Å². The number of nitrogens with one attached hydrogen (secondary N) is 2. The Morgan fingerprint density at radius 3 is 2.38 bits per heavy atom. The largest absolute Gasteiger partial charge is 0.357 e. The summed E-state index contributed by atoms with van der Waals surface area (Å²) in [4.78, 5) is 39.0. The normalized spacial score (nSPS) is 12.6. The molecule has 184 valence electrons. The Bertz CT molecular complexity index is 958. The zero-order valence-electron chi connectivity index (χ0n) is 19.7. The number of nitrogens with zero attached hydrogens (tertiary/aromatic N) is 1. The summed E-state index contributed by atoms with van der Waals surface area (Å²) in [5, 5.41) is 16.1. The topological polar surface area (TPSA) is 98.7 Å². The predicted octanol–water partition coefficient (Wildman–Crippen LogP) is 4.77. The molecule has 0 saturated heterocycles. The maximum absolute atomic E-state index is 13.0. The third kappa shape index (κ3) is 9.00. The number of carbonyl (C=O) groups is 3. The van der Waals surface area contributed by atoms with Crippen molar-refractivity contribution in [3.8, 4) is 0 Å². The van der Waals surface area contributed by atoms with E-state index in [0.717, 1.165) is 16.9 Å². The van der Waals surface area contributed by atoms with Crippen molar-refractivity contribution in [2.45, 2.75) is 44.0 Å². The molecular weight excluding hydrogens is 474 g/mol. The van der Waals surface area contributed by atoms with Gasteiger partial charge in [-0.3, -0.25) is 14.8 Å². The van der Waals surface area contributed by atoms with E-state index in [0.29, 0.717) is 23.1 Å². The molecule has 0 heterocycles. The number of rotatable bonds is 11. The Morgan fingerprint density at radius 1 is 1.06 bits per heavy atom. The minimum atomic E-state index is -1.03. The smallest absolute Gasteiger partial charge is 0.349 e. The van der Waals surface area contributed by atoms with E-state index in [4.69, 9.17) is 11.6 Å². The van der Waals surface area contributed by atoms with Crippen molar-refractivity contribution < 1.29 is 19.6 Å². The molecule has 3 N–H and O–H groups in total. The highest BCUT2D eigenvalue weighted by Crippen LogP contribution is 2.27. The minimum Gasteiger partial charge on any atom is -0.357 e. The zero-order chi connectivity index (χ0) is 25.1. The van der Waals surface area contributed by atoms with Crippen molar-refractivity contribution in [3.63, 3.8) is 0 Å². The molecular formula is C25H32ClN3O4S. The second-order valence-electron chi connectivity index (χ2n) is 8.39. The number of urea groups is 1. The van der Waals surface area contributed by atoms with Crippen LogP contribution in [0.5, 0.6) is 0 Å². The molecule has 0 aliphatic rings. The fourth-order valence-corrected chi connectivity index (χ4v) is 4.63. The molecule has 0 radical (unpaired) electrons. The first-order valence-corrected chi connectivity index (χ1v) is 12.5. The summed E-state index contributed by atoms with van der Waals surface area (Å²) in [5.41, 5.74) is 0.833. The molecule has 0 fully saturated rings. The lowest BCUT2D eigenvalue weighted by molar-refractivity contribution is -0.157. The number of hydrogen-bond donors (Lipinski definition) is 3. The standard InChI is InChI=1S/C25H32ClN3O4S/c1-17(2)12-13-19(16-34-21-11-7-10-20(26)15-21)24(31)29(33)25(32)28-22(23(30)27-3)14-18-8-5-4-6-9-18/h4-11,15,17,19,22,33H,12-14,16H2,1-3H3,(H,27,30)(H,28,32)/t19-,22+/m1/s1. The first-order chi connectivity index (χ1) is 16.2. The average Bonchev–Trinajstić information content (AvgIpc) is 2.82. The molecule has 0 saturated carbocycles. The number of hydrogen-bond acceptors (Lipinski definition) is 5. The van der Waals surface area contributed by atoms with E-state index in [2.05, 4.69) is 10.6 Å². The summed E-state index contributed by atoms with van der Waals surface area (Å²) in [7, 11) is 1.46. The highest BCUT2D eigenvalue weighted by Gasteiger charge is 2.31. The SMILES string of the molecule is CNC(=O)[C@H](Cc1ccccc1)NC(=O)N(O)C(=O)[C@H](CCC(C)C)CSc1cccc(Cl)c1. The summed E-state index contributed by atoms with van der Waals surface area (Å²) in [6.07, 6.45) is 1.49. The van der Waals surface area contributed by atoms with Crippen molar-refractivity contribution in [1.82, 2.24) is 15.7 Å². The van der Waals surface area contributed by atoms with Gasteiger partial charge in [0.25, 0.3) is 5.91 Å². The van der Waals surface area contributed by atoms with Crippen LogP contribution < -0.4 is 10.6 Å². The zero-order valence-corrected chi connectivity index (χ0v) is 21.2. The van der Waals surface area contributed by atoms with Crippen LogP contribution in [0, 0.1) is 11.8 Å². The number of benzene rings is 2. The lowest BCUT2D eigenvalue weighted by atomic mass is 9.98. The van der Waals surface area contributed by atoms with Gasteiger partial charge in [-0.1, -0.05) is 68.3 Å². The highest BCUT2D eigenvalue weighted by atomic mass is 35.5. The second kappa shape index (κ2) is 14.0. The molecule has 0 spiro atoms. The average molecular weight is 506 g/mol. The fraction of sp³-hybridized carbons (Fsp3) is 0.400. The van der Waals surface area contributed by atoms with E-state index in [1.165, 1.54) is 18.8 Å². The van der Waals surface area contributed by atoms with Gasteiger partial charge in [0, 0.05) is 29.1 Å². The molecule has 0 aliphatic heterocycles. The Labute approximate surface area is 210 Å². The molecule has 2 aromatic rings. The molecule has 0 aromatic heterocycles. The molecule has 34 heavy (non-hydrogen) atoms. The van der Waals surface area contributed by atoms with Gasteiger partial charge in [0.15, 0.2) is 0 Å². The van der Waals surface area contributed by atoms with E-state index < -0.39 is 29.8 Å². The van der Waals surface area contributed by atoms with Crippen LogP contribution in [0.4, 0.5) is 4.79 Å². The van der Waals surface area contributed by atoms with Gasteiger partial charge in [0.1, 0.15) is 6.04 Å². The summed E-state index contributed by atoms with van der Waals surface area (Å²) in [6, 6.07) is 14.5. The summed E-state index contributed by atoms with van der Waals surface area (Å²) < 4.78 is 0. The molecule has 4 amide bonds. The number of hydroxylamine groups is 2. The van der Waals surface area contributed by atoms with E-state index in [1.54, 1.807) is 12.1 Å². The number of likely N-dealkylation sites (N-methyl/N-ethyl adjacent to an activating group) is 1. The molecule has 0 unspecified atom stereocenters. The van der Waals surface area contributed by atoms with Crippen LogP contribution in [0.15, 0.2) is 59.5 Å². The number of thioether (sulfide) groups is 1. The number of imide groups is 1. The monoisotopic (exact) mass is 505 g/mol. The van der Waals surface area contributed by atoms with Gasteiger partial charge in [-0.15, -0.1) is 16.8 Å². The quantitative estimate of drug-likeness (QED) is 0.232. The van der Waals surface area contributed by atoms with Crippen LogP contribution in [0.2, 0.25) is 5.02 Å². The second-order valence-corrected chi connectivity index (χ2v) is 9.92. The van der Waals surface area contributed by atoms with Crippen molar-refractivity contribution in [3.05, 3.63) is 65.2 Å². The van der Waals surface area contributed by atoms with E-state index in [1.807, 2.05) is 56.3 Å². The summed E-state index contributed by atoms with van der Waals surface area (Å²) >= 11 is 7.48. The first-order valence-electron chi connectivity index (χ1n) is 11.2. The van der Waals surface area contributed by atoms with Crippen molar-refractivity contribution in [2.75, 3.05) is 12.8 Å². The van der Waals surface area contributed by atoms with Crippen molar-refractivity contribution in [1.29, 1.82) is 0 Å². The molecule has 2 atom stereocenters. The van der Waals surface area contributed by atoms with Crippen LogP contribution in [0.25, 0.3) is 0 Å². The lowest BCUT2D eigenvalue weighted by Crippen LogP contribution is -2.53. The van der Waals surface area contributed by atoms with Crippen molar-refractivity contribution in [2.24, 2.45) is 11.8 Å². The van der Waals surface area contributed by atoms with Gasteiger partial charge in [-0.2, -0.15) is 0 Å². The third-order valence-electron chi connectivity index (χ3n) is 5.23. The Balaban J connectivity index is 2.08. The third-order valence-corrected chi connectivity index (χ3v) is 6.62. The van der Waals surface area contributed by atoms with Crippen molar-refractivity contribution >= 4 is 41.2 Å². The van der Waals surface area contributed by atoms with Gasteiger partial charge in [0.2, 0.25) is 5.91 Å². The maximum atomic E-state index is 13.0. The maximum Gasteiger partial charge on any atom is 0.349 e. The first kappa shape index (κ1) is 27.7. The van der Waals surface area contributed by atoms with Gasteiger partial charge in [-0.05, 0) is 36.1 Å². The number of amides is 4. The minimum absolute atomic E-state index is 0.102. The molecule has 0 bridgehead atoms. The predicted molar refractivity (Wildman–Crippen MR) is 135 cm³/mol. The Hall–Kier alpha value is -2.55. The highest BCUT2D eigenvalue weighted by molar-refractivity contribution is 7.99. The van der Waals surface area contributed by atoms with E-state index in [-0.39, 0.29) is 11.5 Å². The van der Waals surface area contributed by atoms with Gasteiger partial charge >= 0.3 is 6.03 Å². The Kier molecular flexibility index (Phi) is 11.4. The molecule has 2 rings (SSSR count). The van der Waals surface area contributed by atoms with Crippen LogP contribution >= 0.6 is 23.4 Å². The van der Waals surface area contributed by atoms with Crippen LogP contribution in [-0.2, 0) is 16.0 Å². The summed E-state index contributed by atoms with van der Waals surface area (Å²) in [5.74, 6) is -0.987. The van der Waals surface area contributed by atoms with Gasteiger partial charge < -0.3 is 10.6 Å². The summed E-state index contributed by atoms with van der Waals surface area (Å²) in [6.45, 7) is 4.10. The molecule has 2 aromatic carbocycles. The molecule has 0 aliphatic carbocycles. The fourth-order valence-electron chi connectivity index (χ4n) is 3.28. The van der Waals surface area contributed by atoms with E-state index >= 15 is 0 Å². The van der Waals surface area contributed by atoms with Gasteiger partial charge in [-0.25, -0.2) is 4.79 Å². The van der Waals surface area contributed by atoms with Crippen LogP contribution in [0.1, 0.15) is 32.3 Å². The molecule has 9 heteroatoms. The van der Waals surface area contributed by atoms with Crippen LogP contribution in [0.3, 0.4) is 0 Å². The number of halogens is 1.